The molecular weight excluding hydrogens is 352 g/mol. The summed E-state index contributed by atoms with van der Waals surface area (Å²) in [5.41, 5.74) is 0. The highest BCUT2D eigenvalue weighted by Crippen LogP contribution is 2.32. The van der Waals surface area contributed by atoms with Crippen LogP contribution in [-0.2, 0) is 19.1 Å². The zero-order valence-electron chi connectivity index (χ0n) is 18.8. The number of unbranched alkanes of at least 4 members (excludes halogenated alkanes) is 3. The lowest BCUT2D eigenvalue weighted by molar-refractivity contribution is -0.163. The average Bonchev–Trinajstić information content (AvgIpc) is 2.70. The first-order valence-electron chi connectivity index (χ1n) is 11.8. The molecule has 164 valence electrons. The molecule has 0 aromatic carbocycles. The second kappa shape index (κ2) is 14.9. The normalized spacial score (nSPS) is 20.8. The van der Waals surface area contributed by atoms with E-state index in [0.717, 1.165) is 57.3 Å². The van der Waals surface area contributed by atoms with Gasteiger partial charge >= 0.3 is 11.9 Å². The van der Waals surface area contributed by atoms with Gasteiger partial charge in [0, 0.05) is 0 Å². The first-order valence-corrected chi connectivity index (χ1v) is 11.8. The van der Waals surface area contributed by atoms with Crippen LogP contribution in [0.25, 0.3) is 0 Å². The van der Waals surface area contributed by atoms with Crippen molar-refractivity contribution in [3.63, 3.8) is 0 Å². The second-order valence-corrected chi connectivity index (χ2v) is 8.95. The minimum atomic E-state index is -0.314. The van der Waals surface area contributed by atoms with Gasteiger partial charge in [0.1, 0.15) is 0 Å². The Balaban J connectivity index is 2.40. The summed E-state index contributed by atoms with van der Waals surface area (Å²) >= 11 is 0. The standard InChI is InChI=1S/C24H44O4/c1-5-7-14-20(6-2)18-28-24(26)22-16-11-10-15-21(22)23(25)27-17-12-8-9-13-19(3)4/h19-22H,5-18H2,1-4H3. The molecule has 0 aliphatic heterocycles. The first kappa shape index (κ1) is 25.0. The number of carbonyl (C=O) groups excluding carboxylic acids is 2. The minimum Gasteiger partial charge on any atom is -0.465 e. The van der Waals surface area contributed by atoms with Crippen molar-refractivity contribution in [2.45, 2.75) is 105 Å². The highest BCUT2D eigenvalue weighted by molar-refractivity contribution is 5.82. The van der Waals surface area contributed by atoms with Crippen molar-refractivity contribution >= 4 is 11.9 Å². The van der Waals surface area contributed by atoms with E-state index in [-0.39, 0.29) is 23.8 Å². The molecule has 1 aliphatic carbocycles. The van der Waals surface area contributed by atoms with Crippen molar-refractivity contribution in [3.05, 3.63) is 0 Å². The quantitative estimate of drug-likeness (QED) is 0.255. The second-order valence-electron chi connectivity index (χ2n) is 8.95. The Hall–Kier alpha value is -1.06. The van der Waals surface area contributed by atoms with Gasteiger partial charge in [-0.25, -0.2) is 0 Å². The molecular formula is C24H44O4. The number of hydrogen-bond acceptors (Lipinski definition) is 4. The zero-order chi connectivity index (χ0) is 20.8. The molecule has 0 aromatic rings. The zero-order valence-corrected chi connectivity index (χ0v) is 18.8. The summed E-state index contributed by atoms with van der Waals surface area (Å²) in [4.78, 5) is 25.2. The maximum Gasteiger partial charge on any atom is 0.309 e. The van der Waals surface area contributed by atoms with Gasteiger partial charge in [0.2, 0.25) is 0 Å². The average molecular weight is 397 g/mol. The van der Waals surface area contributed by atoms with Crippen LogP contribution in [0.3, 0.4) is 0 Å². The van der Waals surface area contributed by atoms with Gasteiger partial charge in [0.05, 0.1) is 25.0 Å². The minimum absolute atomic E-state index is 0.187. The van der Waals surface area contributed by atoms with Crippen molar-refractivity contribution in [3.8, 4) is 0 Å². The fourth-order valence-electron chi connectivity index (χ4n) is 4.01. The number of carbonyl (C=O) groups is 2. The van der Waals surface area contributed by atoms with Crippen molar-refractivity contribution in [2.24, 2.45) is 23.7 Å². The fourth-order valence-corrected chi connectivity index (χ4v) is 4.01. The van der Waals surface area contributed by atoms with Crippen molar-refractivity contribution in [1.82, 2.24) is 0 Å². The maximum atomic E-state index is 12.7. The molecule has 0 bridgehead atoms. The van der Waals surface area contributed by atoms with Crippen molar-refractivity contribution < 1.29 is 19.1 Å². The summed E-state index contributed by atoms with van der Waals surface area (Å²) in [6.45, 7) is 9.76. The molecule has 0 heterocycles. The summed E-state index contributed by atoms with van der Waals surface area (Å²) < 4.78 is 11.2. The van der Waals surface area contributed by atoms with Crippen LogP contribution < -0.4 is 0 Å². The van der Waals surface area contributed by atoms with Gasteiger partial charge in [-0.2, -0.15) is 0 Å². The van der Waals surface area contributed by atoms with Crippen LogP contribution in [0.15, 0.2) is 0 Å². The molecule has 3 atom stereocenters. The third kappa shape index (κ3) is 9.93. The smallest absolute Gasteiger partial charge is 0.309 e. The molecule has 0 radical (unpaired) electrons. The van der Waals surface area contributed by atoms with E-state index in [0.29, 0.717) is 19.1 Å². The van der Waals surface area contributed by atoms with Gasteiger partial charge in [-0.3, -0.25) is 9.59 Å². The summed E-state index contributed by atoms with van der Waals surface area (Å²) in [7, 11) is 0. The van der Waals surface area contributed by atoms with Crippen LogP contribution in [0.4, 0.5) is 0 Å². The predicted octanol–water partition coefficient (Wildman–Crippen LogP) is 6.31. The Morgan fingerprint density at radius 2 is 1.50 bits per heavy atom. The summed E-state index contributed by atoms with van der Waals surface area (Å²) in [6, 6.07) is 0. The van der Waals surface area contributed by atoms with Crippen LogP contribution in [-0.4, -0.2) is 25.2 Å². The Labute approximate surface area is 173 Å². The van der Waals surface area contributed by atoms with Gasteiger partial charge < -0.3 is 9.47 Å². The van der Waals surface area contributed by atoms with Gasteiger partial charge in [0.25, 0.3) is 0 Å². The largest absolute Gasteiger partial charge is 0.465 e. The van der Waals surface area contributed by atoms with E-state index < -0.39 is 0 Å². The van der Waals surface area contributed by atoms with E-state index >= 15 is 0 Å². The molecule has 4 heteroatoms. The van der Waals surface area contributed by atoms with E-state index in [1.54, 1.807) is 0 Å². The Bertz CT molecular complexity index is 432. The molecule has 0 spiro atoms. The number of esters is 2. The molecule has 4 nitrogen and oxygen atoms in total. The lowest BCUT2D eigenvalue weighted by atomic mass is 9.79. The maximum absolute atomic E-state index is 12.7. The number of hydrogen-bond donors (Lipinski definition) is 0. The molecule has 1 fully saturated rings. The van der Waals surface area contributed by atoms with Crippen LogP contribution in [0, 0.1) is 23.7 Å². The third-order valence-corrected chi connectivity index (χ3v) is 6.05. The first-order chi connectivity index (χ1) is 13.5. The van der Waals surface area contributed by atoms with Crippen LogP contribution >= 0.6 is 0 Å². The number of rotatable bonds is 14. The molecule has 0 saturated heterocycles. The van der Waals surface area contributed by atoms with Crippen molar-refractivity contribution in [2.75, 3.05) is 13.2 Å². The van der Waals surface area contributed by atoms with Crippen molar-refractivity contribution in [1.29, 1.82) is 0 Å². The van der Waals surface area contributed by atoms with E-state index in [1.165, 1.54) is 25.7 Å². The topological polar surface area (TPSA) is 52.6 Å². The number of ether oxygens (including phenoxy) is 2. The molecule has 1 aliphatic rings. The molecule has 1 rings (SSSR count). The third-order valence-electron chi connectivity index (χ3n) is 6.05. The molecule has 0 aromatic heterocycles. The predicted molar refractivity (Wildman–Crippen MR) is 114 cm³/mol. The SMILES string of the molecule is CCCCC(CC)COC(=O)C1CCCCC1C(=O)OCCCCCC(C)C. The summed E-state index contributed by atoms with van der Waals surface area (Å²) in [5, 5.41) is 0. The van der Waals surface area contributed by atoms with Crippen LogP contribution in [0.2, 0.25) is 0 Å². The van der Waals surface area contributed by atoms with Crippen LogP contribution in [0.1, 0.15) is 105 Å². The Morgan fingerprint density at radius 1 is 0.857 bits per heavy atom. The summed E-state index contributed by atoms with van der Waals surface area (Å²) in [6.07, 6.45) is 12.4. The highest BCUT2D eigenvalue weighted by atomic mass is 16.5. The Kier molecular flexibility index (Phi) is 13.3. The lowest BCUT2D eigenvalue weighted by Gasteiger charge is -2.29. The van der Waals surface area contributed by atoms with Gasteiger partial charge in [-0.15, -0.1) is 0 Å². The molecule has 3 unspecified atom stereocenters. The fraction of sp³-hybridized carbons (Fsp3) is 0.917. The molecule has 0 amide bonds. The van der Waals surface area contributed by atoms with E-state index in [9.17, 15) is 9.59 Å². The molecule has 0 N–H and O–H groups in total. The van der Waals surface area contributed by atoms with E-state index in [4.69, 9.17) is 9.47 Å². The lowest BCUT2D eigenvalue weighted by Crippen LogP contribution is -2.35. The monoisotopic (exact) mass is 396 g/mol. The summed E-state index contributed by atoms with van der Waals surface area (Å²) in [5.74, 6) is 0.158. The van der Waals surface area contributed by atoms with Gasteiger partial charge in [-0.05, 0) is 37.5 Å². The van der Waals surface area contributed by atoms with Gasteiger partial charge in [-0.1, -0.05) is 79.1 Å². The molecule has 1 saturated carbocycles. The van der Waals surface area contributed by atoms with E-state index in [2.05, 4.69) is 27.7 Å². The Morgan fingerprint density at radius 3 is 2.07 bits per heavy atom. The van der Waals surface area contributed by atoms with Crippen LogP contribution in [0.5, 0.6) is 0 Å². The molecule has 28 heavy (non-hydrogen) atoms. The van der Waals surface area contributed by atoms with Gasteiger partial charge in [0.15, 0.2) is 0 Å². The van der Waals surface area contributed by atoms with E-state index in [1.807, 2.05) is 0 Å². The highest BCUT2D eigenvalue weighted by Gasteiger charge is 2.38.